The predicted molar refractivity (Wildman–Crippen MR) is 126 cm³/mol. The smallest absolute Gasteiger partial charge is 0.416 e. The molecular weight excluding hydrogens is 497 g/mol. The van der Waals surface area contributed by atoms with Crippen molar-refractivity contribution >= 4 is 21.6 Å². The second-order valence-corrected chi connectivity index (χ2v) is 10.0. The molecule has 0 saturated carbocycles. The van der Waals surface area contributed by atoms with E-state index in [1.807, 2.05) is 0 Å². The molecule has 0 aliphatic carbocycles. The Labute approximate surface area is 206 Å². The molecule has 0 unspecified atom stereocenters. The van der Waals surface area contributed by atoms with Crippen LogP contribution in [0.5, 0.6) is 11.5 Å². The molecule has 7 nitrogen and oxygen atoms in total. The fraction of sp³-hybridized carbons (Fsp3) is 0.240. The van der Waals surface area contributed by atoms with Crippen molar-refractivity contribution in [2.45, 2.75) is 30.1 Å². The minimum atomic E-state index is -4.59. The van der Waals surface area contributed by atoms with Crippen molar-refractivity contribution in [2.75, 3.05) is 19.5 Å². The van der Waals surface area contributed by atoms with Gasteiger partial charge in [0.2, 0.25) is 15.9 Å². The molecule has 190 valence electrons. The Morgan fingerprint density at radius 1 is 0.944 bits per heavy atom. The van der Waals surface area contributed by atoms with Crippen molar-refractivity contribution in [1.82, 2.24) is 4.31 Å². The van der Waals surface area contributed by atoms with Gasteiger partial charge in [-0.05, 0) is 47.9 Å². The van der Waals surface area contributed by atoms with Gasteiger partial charge in [0.15, 0.2) is 11.5 Å². The molecule has 1 N–H and O–H groups in total. The van der Waals surface area contributed by atoms with Crippen LogP contribution in [0, 0.1) is 0 Å². The third kappa shape index (κ3) is 5.02. The lowest BCUT2D eigenvalue weighted by molar-refractivity contribution is -0.137. The highest BCUT2D eigenvalue weighted by molar-refractivity contribution is 7.89. The molecule has 1 heterocycles. The van der Waals surface area contributed by atoms with Crippen LogP contribution in [-0.2, 0) is 34.0 Å². The summed E-state index contributed by atoms with van der Waals surface area (Å²) in [6.07, 6.45) is -4.54. The number of fused-ring (bicyclic) bond motifs is 1. The van der Waals surface area contributed by atoms with E-state index in [2.05, 4.69) is 5.32 Å². The minimum Gasteiger partial charge on any atom is -0.493 e. The molecular formula is C25H23F3N2O5S. The monoisotopic (exact) mass is 520 g/mol. The molecule has 3 aromatic rings. The van der Waals surface area contributed by atoms with Crippen LogP contribution >= 0.6 is 0 Å². The molecule has 1 amide bonds. The predicted octanol–water partition coefficient (Wildman–Crippen LogP) is 4.48. The molecule has 1 aliphatic rings. The van der Waals surface area contributed by atoms with Gasteiger partial charge in [-0.2, -0.15) is 17.5 Å². The Morgan fingerprint density at radius 3 is 2.31 bits per heavy atom. The quantitative estimate of drug-likeness (QED) is 0.518. The van der Waals surface area contributed by atoms with Gasteiger partial charge in [-0.15, -0.1) is 0 Å². The Bertz CT molecular complexity index is 1390. The summed E-state index contributed by atoms with van der Waals surface area (Å²) in [5.74, 6) is -0.215. The van der Waals surface area contributed by atoms with Gasteiger partial charge in [0.05, 0.1) is 24.7 Å². The Kier molecular flexibility index (Phi) is 6.96. The number of anilines is 1. The van der Waals surface area contributed by atoms with E-state index in [0.29, 0.717) is 5.75 Å². The van der Waals surface area contributed by atoms with Gasteiger partial charge in [0.1, 0.15) is 6.04 Å². The maximum absolute atomic E-state index is 13.7. The molecule has 0 radical (unpaired) electrons. The summed E-state index contributed by atoms with van der Waals surface area (Å²) in [4.78, 5) is 13.2. The van der Waals surface area contributed by atoms with Gasteiger partial charge >= 0.3 is 6.18 Å². The number of ether oxygens (including phenoxy) is 2. The lowest BCUT2D eigenvalue weighted by atomic mass is 9.95. The number of alkyl halides is 3. The fourth-order valence-corrected chi connectivity index (χ4v) is 5.67. The van der Waals surface area contributed by atoms with E-state index < -0.39 is 33.7 Å². The van der Waals surface area contributed by atoms with Gasteiger partial charge in [0.25, 0.3) is 0 Å². The van der Waals surface area contributed by atoms with Crippen LogP contribution in [0.2, 0.25) is 0 Å². The van der Waals surface area contributed by atoms with E-state index >= 15 is 0 Å². The summed E-state index contributed by atoms with van der Waals surface area (Å²) in [6.45, 7) is -0.0898. The number of nitrogens with one attached hydrogen (secondary N) is 1. The second-order valence-electron chi connectivity index (χ2n) is 8.12. The van der Waals surface area contributed by atoms with Crippen molar-refractivity contribution in [3.8, 4) is 11.5 Å². The van der Waals surface area contributed by atoms with Crippen LogP contribution in [-0.4, -0.2) is 38.9 Å². The molecule has 0 aromatic heterocycles. The number of carbonyl (C=O) groups excluding carboxylic acids is 1. The summed E-state index contributed by atoms with van der Waals surface area (Å²) in [5, 5.41) is 2.46. The van der Waals surface area contributed by atoms with Gasteiger partial charge < -0.3 is 14.8 Å². The van der Waals surface area contributed by atoms with E-state index in [1.54, 1.807) is 24.3 Å². The summed E-state index contributed by atoms with van der Waals surface area (Å²) < 4.78 is 78.3. The molecule has 1 atom stereocenters. The molecule has 36 heavy (non-hydrogen) atoms. The maximum atomic E-state index is 13.7. The van der Waals surface area contributed by atoms with E-state index in [-0.39, 0.29) is 29.3 Å². The van der Waals surface area contributed by atoms with Crippen LogP contribution < -0.4 is 14.8 Å². The molecule has 0 bridgehead atoms. The molecule has 3 aromatic carbocycles. The fourth-order valence-electron chi connectivity index (χ4n) is 4.09. The van der Waals surface area contributed by atoms with Gasteiger partial charge in [-0.1, -0.05) is 30.3 Å². The first kappa shape index (κ1) is 25.5. The highest BCUT2D eigenvalue weighted by Gasteiger charge is 2.40. The zero-order chi connectivity index (χ0) is 26.1. The number of rotatable bonds is 6. The Balaban J connectivity index is 1.72. The summed E-state index contributed by atoms with van der Waals surface area (Å²) >= 11 is 0. The molecule has 0 fully saturated rings. The summed E-state index contributed by atoms with van der Waals surface area (Å²) in [5.41, 5.74) is 0.492. The maximum Gasteiger partial charge on any atom is 0.416 e. The van der Waals surface area contributed by atoms with Crippen LogP contribution in [0.25, 0.3) is 0 Å². The van der Waals surface area contributed by atoms with Crippen molar-refractivity contribution in [1.29, 1.82) is 0 Å². The van der Waals surface area contributed by atoms with E-state index in [0.717, 1.165) is 27.6 Å². The third-order valence-electron chi connectivity index (χ3n) is 5.93. The Hall–Kier alpha value is -3.57. The van der Waals surface area contributed by atoms with Crippen LogP contribution in [0.1, 0.15) is 16.7 Å². The number of hydrogen-bond acceptors (Lipinski definition) is 5. The lowest BCUT2D eigenvalue weighted by Gasteiger charge is -2.35. The highest BCUT2D eigenvalue weighted by atomic mass is 32.2. The van der Waals surface area contributed by atoms with Gasteiger partial charge in [-0.25, -0.2) is 8.42 Å². The first-order valence-electron chi connectivity index (χ1n) is 10.8. The highest BCUT2D eigenvalue weighted by Crippen LogP contribution is 2.35. The van der Waals surface area contributed by atoms with E-state index in [9.17, 15) is 26.4 Å². The zero-order valence-corrected chi connectivity index (χ0v) is 20.2. The SMILES string of the molecule is COc1ccc(S(=O)(=O)N2Cc3ccccc3C[C@@H]2C(=O)Nc2cccc(C(F)(F)F)c2)cc1OC. The zero-order valence-electron chi connectivity index (χ0n) is 19.4. The number of benzene rings is 3. The lowest BCUT2D eigenvalue weighted by Crippen LogP contribution is -2.50. The number of amides is 1. The van der Waals surface area contributed by atoms with E-state index in [1.165, 1.54) is 44.6 Å². The van der Waals surface area contributed by atoms with Crippen molar-refractivity contribution < 1.29 is 35.9 Å². The van der Waals surface area contributed by atoms with Crippen molar-refractivity contribution in [3.63, 3.8) is 0 Å². The largest absolute Gasteiger partial charge is 0.493 e. The van der Waals surface area contributed by atoms with Crippen LogP contribution in [0.3, 0.4) is 0 Å². The first-order valence-corrected chi connectivity index (χ1v) is 12.3. The minimum absolute atomic E-state index is 0.0491. The van der Waals surface area contributed by atoms with Crippen LogP contribution in [0.15, 0.2) is 71.6 Å². The number of halogens is 3. The summed E-state index contributed by atoms with van der Waals surface area (Å²) in [6, 6.07) is 14.2. The number of sulfonamides is 1. The number of methoxy groups -OCH3 is 2. The average molecular weight is 521 g/mol. The molecule has 1 aliphatic heterocycles. The first-order chi connectivity index (χ1) is 17.0. The van der Waals surface area contributed by atoms with Crippen molar-refractivity contribution in [3.05, 3.63) is 83.4 Å². The molecule has 11 heteroatoms. The molecule has 4 rings (SSSR count). The van der Waals surface area contributed by atoms with Crippen molar-refractivity contribution in [2.24, 2.45) is 0 Å². The Morgan fingerprint density at radius 2 is 1.64 bits per heavy atom. The average Bonchev–Trinajstić information content (AvgIpc) is 2.87. The van der Waals surface area contributed by atoms with E-state index in [4.69, 9.17) is 9.47 Å². The normalized spacial score (nSPS) is 16.2. The number of nitrogens with zero attached hydrogens (tertiary/aromatic N) is 1. The second kappa shape index (κ2) is 9.82. The summed E-state index contributed by atoms with van der Waals surface area (Å²) in [7, 11) is -1.43. The molecule has 0 spiro atoms. The number of carbonyl (C=O) groups is 1. The third-order valence-corrected chi connectivity index (χ3v) is 7.78. The standard InChI is InChI=1S/C25H23F3N2O5S/c1-34-22-11-10-20(14-23(22)35-2)36(32,33)30-15-17-7-4-3-6-16(17)12-21(30)24(31)29-19-9-5-8-18(13-19)25(26,27)28/h3-11,13-14,21H,12,15H2,1-2H3,(H,29,31)/t21-/m1/s1. The van der Waals surface area contributed by atoms with Gasteiger partial charge in [0, 0.05) is 18.3 Å². The van der Waals surface area contributed by atoms with Crippen LogP contribution in [0.4, 0.5) is 18.9 Å². The topological polar surface area (TPSA) is 84.9 Å². The number of hydrogen-bond donors (Lipinski definition) is 1. The molecule has 0 saturated heterocycles. The van der Waals surface area contributed by atoms with Gasteiger partial charge in [-0.3, -0.25) is 4.79 Å².